The third-order valence-corrected chi connectivity index (χ3v) is 2.83. The lowest BCUT2D eigenvalue weighted by molar-refractivity contribution is -0.117. The predicted octanol–water partition coefficient (Wildman–Crippen LogP) is 2.47. The molecular formula is C13H18N2O2. The summed E-state index contributed by atoms with van der Waals surface area (Å²) in [7, 11) is 0. The van der Waals surface area contributed by atoms with E-state index < -0.39 is 0 Å². The maximum absolute atomic E-state index is 11.9. The van der Waals surface area contributed by atoms with Gasteiger partial charge in [0.2, 0.25) is 5.91 Å². The zero-order valence-electron chi connectivity index (χ0n) is 10.4. The Labute approximate surface area is 101 Å². The Balaban J connectivity index is 2.34. The molecule has 2 rings (SSSR count). The number of hydrogen-bond donors (Lipinski definition) is 2. The van der Waals surface area contributed by atoms with Crippen molar-refractivity contribution in [3.63, 3.8) is 0 Å². The fraction of sp³-hybridized carbons (Fsp3) is 0.462. The second kappa shape index (κ2) is 4.65. The van der Waals surface area contributed by atoms with Crippen molar-refractivity contribution in [1.82, 2.24) is 0 Å². The second-order valence-corrected chi connectivity index (χ2v) is 4.47. The van der Waals surface area contributed by atoms with Gasteiger partial charge in [-0.15, -0.1) is 0 Å². The first-order valence-electron chi connectivity index (χ1n) is 5.96. The SMILES string of the molecule is CCOc1cccc2c1NC(=O)C(C(C)C)N2. The third kappa shape index (κ3) is 2.20. The fourth-order valence-corrected chi connectivity index (χ4v) is 1.96. The Hall–Kier alpha value is -1.71. The van der Waals surface area contributed by atoms with E-state index in [0.29, 0.717) is 12.4 Å². The molecule has 1 aromatic carbocycles. The molecule has 1 amide bonds. The van der Waals surface area contributed by atoms with Crippen LogP contribution in [0.4, 0.5) is 11.4 Å². The predicted molar refractivity (Wildman–Crippen MR) is 68.5 cm³/mol. The molecule has 1 aliphatic heterocycles. The van der Waals surface area contributed by atoms with Gasteiger partial charge in [0.1, 0.15) is 17.5 Å². The van der Waals surface area contributed by atoms with Gasteiger partial charge in [-0.1, -0.05) is 19.9 Å². The Morgan fingerprint density at radius 1 is 1.41 bits per heavy atom. The van der Waals surface area contributed by atoms with Gasteiger partial charge >= 0.3 is 0 Å². The van der Waals surface area contributed by atoms with Crippen LogP contribution in [-0.4, -0.2) is 18.6 Å². The Bertz CT molecular complexity index is 429. The van der Waals surface area contributed by atoms with E-state index in [2.05, 4.69) is 10.6 Å². The standard InChI is InChI=1S/C13H18N2O2/c1-4-17-10-7-5-6-9-12(10)15-13(16)11(14-9)8(2)3/h5-8,11,14H,4H2,1-3H3,(H,15,16). The molecule has 0 radical (unpaired) electrons. The van der Waals surface area contributed by atoms with Gasteiger partial charge in [0.05, 0.1) is 12.3 Å². The third-order valence-electron chi connectivity index (χ3n) is 2.83. The van der Waals surface area contributed by atoms with E-state index in [-0.39, 0.29) is 17.9 Å². The van der Waals surface area contributed by atoms with Crippen LogP contribution in [0.25, 0.3) is 0 Å². The number of fused-ring (bicyclic) bond motifs is 1. The van der Waals surface area contributed by atoms with E-state index in [1.807, 2.05) is 39.0 Å². The van der Waals surface area contributed by atoms with Crippen LogP contribution < -0.4 is 15.4 Å². The largest absolute Gasteiger partial charge is 0.492 e. The molecule has 1 aliphatic rings. The smallest absolute Gasteiger partial charge is 0.247 e. The highest BCUT2D eigenvalue weighted by Gasteiger charge is 2.29. The summed E-state index contributed by atoms with van der Waals surface area (Å²) in [6.45, 7) is 6.55. The van der Waals surface area contributed by atoms with Crippen LogP contribution in [0, 0.1) is 5.92 Å². The molecule has 0 saturated carbocycles. The van der Waals surface area contributed by atoms with E-state index >= 15 is 0 Å². The van der Waals surface area contributed by atoms with E-state index in [1.165, 1.54) is 0 Å². The maximum atomic E-state index is 11.9. The van der Waals surface area contributed by atoms with Crippen LogP contribution in [0.2, 0.25) is 0 Å². The first-order chi connectivity index (χ1) is 8.13. The molecule has 0 fully saturated rings. The highest BCUT2D eigenvalue weighted by molar-refractivity contribution is 6.04. The summed E-state index contributed by atoms with van der Waals surface area (Å²) in [6.07, 6.45) is 0. The van der Waals surface area contributed by atoms with Gasteiger partial charge < -0.3 is 15.4 Å². The number of carbonyl (C=O) groups is 1. The van der Waals surface area contributed by atoms with Crippen molar-refractivity contribution in [1.29, 1.82) is 0 Å². The number of rotatable bonds is 3. The molecule has 4 heteroatoms. The zero-order valence-corrected chi connectivity index (χ0v) is 10.4. The van der Waals surface area contributed by atoms with E-state index in [1.54, 1.807) is 0 Å². The first-order valence-corrected chi connectivity index (χ1v) is 5.96. The number of ether oxygens (including phenoxy) is 1. The molecule has 2 N–H and O–H groups in total. The molecule has 1 unspecified atom stereocenters. The highest BCUT2D eigenvalue weighted by atomic mass is 16.5. The monoisotopic (exact) mass is 234 g/mol. The average molecular weight is 234 g/mol. The summed E-state index contributed by atoms with van der Waals surface area (Å²) in [5.41, 5.74) is 1.67. The Morgan fingerprint density at radius 3 is 2.82 bits per heavy atom. The summed E-state index contributed by atoms with van der Waals surface area (Å²) in [4.78, 5) is 11.9. The molecule has 1 heterocycles. The first kappa shape index (κ1) is 11.8. The van der Waals surface area contributed by atoms with Gasteiger partial charge in [-0.3, -0.25) is 4.79 Å². The Kier molecular flexibility index (Phi) is 3.22. The van der Waals surface area contributed by atoms with Crippen molar-refractivity contribution >= 4 is 17.3 Å². The van der Waals surface area contributed by atoms with Gasteiger partial charge in [0, 0.05) is 0 Å². The molecule has 92 valence electrons. The van der Waals surface area contributed by atoms with Gasteiger partial charge in [0.25, 0.3) is 0 Å². The van der Waals surface area contributed by atoms with Crippen molar-refractivity contribution in [2.24, 2.45) is 5.92 Å². The molecule has 0 saturated heterocycles. The molecule has 0 spiro atoms. The van der Waals surface area contributed by atoms with Gasteiger partial charge in [0.15, 0.2) is 0 Å². The van der Waals surface area contributed by atoms with Crippen molar-refractivity contribution in [3.05, 3.63) is 18.2 Å². The molecule has 17 heavy (non-hydrogen) atoms. The van der Waals surface area contributed by atoms with Crippen LogP contribution in [-0.2, 0) is 4.79 Å². The number of amides is 1. The number of nitrogens with one attached hydrogen (secondary N) is 2. The number of hydrogen-bond acceptors (Lipinski definition) is 3. The topological polar surface area (TPSA) is 50.4 Å². The summed E-state index contributed by atoms with van der Waals surface area (Å²) in [5.74, 6) is 0.964. The lowest BCUT2D eigenvalue weighted by Gasteiger charge is -2.30. The van der Waals surface area contributed by atoms with Gasteiger partial charge in [-0.05, 0) is 25.0 Å². The van der Waals surface area contributed by atoms with Crippen LogP contribution in [0.15, 0.2) is 18.2 Å². The summed E-state index contributed by atoms with van der Waals surface area (Å²) >= 11 is 0. The fourth-order valence-electron chi connectivity index (χ4n) is 1.96. The zero-order chi connectivity index (χ0) is 12.4. The molecule has 0 aromatic heterocycles. The Morgan fingerprint density at radius 2 is 2.18 bits per heavy atom. The van der Waals surface area contributed by atoms with Crippen molar-refractivity contribution in [2.45, 2.75) is 26.8 Å². The van der Waals surface area contributed by atoms with Crippen LogP contribution >= 0.6 is 0 Å². The summed E-state index contributed by atoms with van der Waals surface area (Å²) < 4.78 is 5.49. The number of benzene rings is 1. The number of anilines is 2. The molecule has 4 nitrogen and oxygen atoms in total. The number of para-hydroxylation sites is 1. The molecular weight excluding hydrogens is 216 g/mol. The molecule has 1 atom stereocenters. The van der Waals surface area contributed by atoms with E-state index in [9.17, 15) is 4.79 Å². The summed E-state index contributed by atoms with van der Waals surface area (Å²) in [6, 6.07) is 5.55. The highest BCUT2D eigenvalue weighted by Crippen LogP contribution is 2.36. The normalized spacial score (nSPS) is 18.4. The number of carbonyl (C=O) groups excluding carboxylic acids is 1. The lowest BCUT2D eigenvalue weighted by Crippen LogP contribution is -2.42. The molecule has 0 bridgehead atoms. The van der Waals surface area contributed by atoms with Crippen molar-refractivity contribution in [3.8, 4) is 5.75 Å². The molecule has 1 aromatic rings. The minimum Gasteiger partial charge on any atom is -0.492 e. The van der Waals surface area contributed by atoms with E-state index in [4.69, 9.17) is 4.74 Å². The maximum Gasteiger partial charge on any atom is 0.247 e. The lowest BCUT2D eigenvalue weighted by atomic mass is 10.0. The minimum absolute atomic E-state index is 0.000321. The van der Waals surface area contributed by atoms with E-state index in [0.717, 1.165) is 11.4 Å². The van der Waals surface area contributed by atoms with Gasteiger partial charge in [-0.2, -0.15) is 0 Å². The minimum atomic E-state index is -0.181. The quantitative estimate of drug-likeness (QED) is 0.844. The van der Waals surface area contributed by atoms with Crippen LogP contribution in [0.3, 0.4) is 0 Å². The van der Waals surface area contributed by atoms with Crippen LogP contribution in [0.1, 0.15) is 20.8 Å². The average Bonchev–Trinajstić information content (AvgIpc) is 2.29. The van der Waals surface area contributed by atoms with Gasteiger partial charge in [-0.25, -0.2) is 0 Å². The molecule has 0 aliphatic carbocycles. The van der Waals surface area contributed by atoms with Crippen molar-refractivity contribution < 1.29 is 9.53 Å². The van der Waals surface area contributed by atoms with Crippen LogP contribution in [0.5, 0.6) is 5.75 Å². The summed E-state index contributed by atoms with van der Waals surface area (Å²) in [5, 5.41) is 6.17. The van der Waals surface area contributed by atoms with Crippen molar-refractivity contribution in [2.75, 3.05) is 17.2 Å². The second-order valence-electron chi connectivity index (χ2n) is 4.47.